The van der Waals surface area contributed by atoms with Gasteiger partial charge in [-0.2, -0.15) is 10.4 Å². The van der Waals surface area contributed by atoms with Crippen LogP contribution in [-0.4, -0.2) is 19.6 Å². The van der Waals surface area contributed by atoms with E-state index >= 15 is 0 Å². The summed E-state index contributed by atoms with van der Waals surface area (Å²) in [5.41, 5.74) is 1.07. The van der Waals surface area contributed by atoms with Gasteiger partial charge in [-0.15, -0.1) is 0 Å². The van der Waals surface area contributed by atoms with Gasteiger partial charge >= 0.3 is 0 Å². The van der Waals surface area contributed by atoms with Gasteiger partial charge in [-0.25, -0.2) is 13.5 Å². The van der Waals surface area contributed by atoms with Gasteiger partial charge < -0.3 is 0 Å². The van der Waals surface area contributed by atoms with E-state index in [2.05, 4.69) is 21.0 Å². The Labute approximate surface area is 107 Å². The van der Waals surface area contributed by atoms with Crippen LogP contribution in [0.15, 0.2) is 27.8 Å². The first-order valence-electron chi connectivity index (χ1n) is 4.83. The van der Waals surface area contributed by atoms with Crippen LogP contribution in [0.25, 0.3) is 5.52 Å². The molecule has 0 aromatic carbocycles. The van der Waals surface area contributed by atoms with Crippen LogP contribution in [0.4, 0.5) is 0 Å². The maximum absolute atomic E-state index is 12.0. The predicted octanol–water partition coefficient (Wildman–Crippen LogP) is 2.39. The third-order valence-corrected chi connectivity index (χ3v) is 4.85. The van der Waals surface area contributed by atoms with Crippen LogP contribution in [0.2, 0.25) is 0 Å². The zero-order valence-corrected chi connectivity index (χ0v) is 11.4. The lowest BCUT2D eigenvalue weighted by atomic mass is 10.3. The molecule has 5 nitrogen and oxygen atoms in total. The van der Waals surface area contributed by atoms with E-state index in [-0.39, 0.29) is 5.75 Å². The number of fused-ring (bicyclic) bond motifs is 1. The maximum Gasteiger partial charge on any atom is 0.103 e. The van der Waals surface area contributed by atoms with Crippen molar-refractivity contribution in [3.05, 3.63) is 28.5 Å². The summed E-state index contributed by atoms with van der Waals surface area (Å²) in [7, 11) is -2.78. The molecule has 2 heterocycles. The normalized spacial score (nSPS) is 14.4. The smallest absolute Gasteiger partial charge is 0.103 e. The first-order chi connectivity index (χ1) is 7.99. The molecule has 0 bridgehead atoms. The summed E-state index contributed by atoms with van der Waals surface area (Å²) in [5.74, 6) is 0.247. The molecule has 0 amide bonds. The van der Waals surface area contributed by atoms with E-state index in [4.69, 9.17) is 10.0 Å². The quantitative estimate of drug-likeness (QED) is 0.924. The van der Waals surface area contributed by atoms with Crippen molar-refractivity contribution in [3.63, 3.8) is 0 Å². The number of aromatic nitrogens is 2. The molecule has 0 spiro atoms. The summed E-state index contributed by atoms with van der Waals surface area (Å²) in [6.07, 6.45) is 2.99. The lowest BCUT2D eigenvalue weighted by molar-refractivity contribution is 0.674. The second-order valence-electron chi connectivity index (χ2n) is 3.45. The highest BCUT2D eigenvalue weighted by Crippen LogP contribution is 2.25. The molecule has 0 saturated carbocycles. The highest BCUT2D eigenvalue weighted by molar-refractivity contribution is 9.10. The van der Waals surface area contributed by atoms with Crippen molar-refractivity contribution in [2.45, 2.75) is 11.8 Å². The van der Waals surface area contributed by atoms with Gasteiger partial charge in [0.1, 0.15) is 6.07 Å². The lowest BCUT2D eigenvalue weighted by Gasteiger charge is -2.06. The highest BCUT2D eigenvalue weighted by atomic mass is 79.9. The molecule has 1 unspecified atom stereocenters. The standard InChI is InChI=1S/C10H9BrN4OS/c1-2-17(13,16)8-3-9(11)10-7(4-12)5-14-15(10)6-8/h3,5-6,13H,2H2,1H3. The summed E-state index contributed by atoms with van der Waals surface area (Å²) >= 11 is 3.32. The Bertz CT molecular complexity index is 727. The molecule has 2 aromatic rings. The summed E-state index contributed by atoms with van der Waals surface area (Å²) in [6, 6.07) is 3.65. The van der Waals surface area contributed by atoms with Gasteiger partial charge in [-0.1, -0.05) is 6.92 Å². The van der Waals surface area contributed by atoms with Crippen molar-refractivity contribution in [3.8, 4) is 6.07 Å². The highest BCUT2D eigenvalue weighted by Gasteiger charge is 2.14. The zero-order valence-electron chi connectivity index (χ0n) is 8.98. The van der Waals surface area contributed by atoms with Crippen LogP contribution in [0, 0.1) is 16.1 Å². The van der Waals surface area contributed by atoms with Gasteiger partial charge in [-0.3, -0.25) is 0 Å². The molecular weight excluding hydrogens is 304 g/mol. The lowest BCUT2D eigenvalue weighted by Crippen LogP contribution is -2.04. The third kappa shape index (κ3) is 1.94. The summed E-state index contributed by atoms with van der Waals surface area (Å²) in [4.78, 5) is 0.409. The van der Waals surface area contributed by atoms with Crippen LogP contribution in [-0.2, 0) is 9.73 Å². The van der Waals surface area contributed by atoms with Gasteiger partial charge in [0.15, 0.2) is 0 Å². The predicted molar refractivity (Wildman–Crippen MR) is 67.3 cm³/mol. The first-order valence-corrected chi connectivity index (χ1v) is 7.35. The van der Waals surface area contributed by atoms with E-state index in [1.54, 1.807) is 19.2 Å². The van der Waals surface area contributed by atoms with Gasteiger partial charge in [0.05, 0.1) is 31.9 Å². The second kappa shape index (κ2) is 4.13. The number of hydrogen-bond acceptors (Lipinski definition) is 4. The molecule has 1 atom stereocenters. The second-order valence-corrected chi connectivity index (χ2v) is 6.70. The Morgan fingerprint density at radius 2 is 2.41 bits per heavy atom. The molecule has 2 rings (SSSR count). The number of hydrogen-bond donors (Lipinski definition) is 1. The van der Waals surface area contributed by atoms with Crippen LogP contribution in [0.5, 0.6) is 0 Å². The maximum atomic E-state index is 12.0. The minimum absolute atomic E-state index is 0.247. The Morgan fingerprint density at radius 3 is 3.00 bits per heavy atom. The van der Waals surface area contributed by atoms with Crippen molar-refractivity contribution in [2.75, 3.05) is 5.75 Å². The average Bonchev–Trinajstić information content (AvgIpc) is 2.72. The molecule has 2 aromatic heterocycles. The number of nitrogens with zero attached hydrogens (tertiary/aromatic N) is 3. The number of rotatable bonds is 2. The van der Waals surface area contributed by atoms with Crippen LogP contribution < -0.4 is 0 Å². The topological polar surface area (TPSA) is 82.0 Å². The van der Waals surface area contributed by atoms with Gasteiger partial charge in [0.25, 0.3) is 0 Å². The summed E-state index contributed by atoms with van der Waals surface area (Å²) in [6.45, 7) is 1.71. The van der Waals surface area contributed by atoms with E-state index in [1.165, 1.54) is 10.7 Å². The minimum atomic E-state index is -2.78. The van der Waals surface area contributed by atoms with Gasteiger partial charge in [0, 0.05) is 16.4 Å². The van der Waals surface area contributed by atoms with Crippen molar-refractivity contribution < 1.29 is 4.21 Å². The minimum Gasteiger partial charge on any atom is -0.249 e. The molecule has 88 valence electrons. The summed E-state index contributed by atoms with van der Waals surface area (Å²) < 4.78 is 21.8. The van der Waals surface area contributed by atoms with Crippen molar-refractivity contribution in [1.29, 1.82) is 10.0 Å². The Balaban J connectivity index is 2.80. The molecule has 7 heteroatoms. The number of nitriles is 1. The van der Waals surface area contributed by atoms with E-state index in [1.807, 2.05) is 6.07 Å². The number of nitrogens with one attached hydrogen (secondary N) is 1. The molecule has 0 aliphatic carbocycles. The molecule has 0 radical (unpaired) electrons. The SMILES string of the molecule is CCS(=N)(=O)c1cc(Br)c2c(C#N)cnn2c1. The van der Waals surface area contributed by atoms with Crippen molar-refractivity contribution >= 4 is 31.2 Å². The third-order valence-electron chi connectivity index (χ3n) is 2.45. The fraction of sp³-hybridized carbons (Fsp3) is 0.200. The molecule has 0 saturated heterocycles. The molecule has 0 aliphatic rings. The number of pyridine rings is 1. The fourth-order valence-electron chi connectivity index (χ4n) is 1.48. The van der Waals surface area contributed by atoms with E-state index < -0.39 is 9.73 Å². The molecule has 17 heavy (non-hydrogen) atoms. The van der Waals surface area contributed by atoms with E-state index in [0.717, 1.165) is 0 Å². The fourth-order valence-corrected chi connectivity index (χ4v) is 3.18. The Morgan fingerprint density at radius 1 is 1.71 bits per heavy atom. The van der Waals surface area contributed by atoms with Crippen LogP contribution >= 0.6 is 15.9 Å². The molecule has 1 N–H and O–H groups in total. The average molecular weight is 313 g/mol. The molecular formula is C10H9BrN4OS. The van der Waals surface area contributed by atoms with Gasteiger partial charge in [0.2, 0.25) is 0 Å². The monoisotopic (exact) mass is 312 g/mol. The van der Waals surface area contributed by atoms with E-state index in [0.29, 0.717) is 20.4 Å². The van der Waals surface area contributed by atoms with E-state index in [9.17, 15) is 4.21 Å². The Hall–Kier alpha value is -1.39. The summed E-state index contributed by atoms with van der Waals surface area (Å²) in [5, 5.41) is 12.9. The number of halogens is 1. The largest absolute Gasteiger partial charge is 0.249 e. The van der Waals surface area contributed by atoms with Crippen LogP contribution in [0.1, 0.15) is 12.5 Å². The molecule has 0 fully saturated rings. The molecule has 0 aliphatic heterocycles. The first kappa shape index (κ1) is 12.1. The zero-order chi connectivity index (χ0) is 12.6. The van der Waals surface area contributed by atoms with Crippen LogP contribution in [0.3, 0.4) is 0 Å². The van der Waals surface area contributed by atoms with Crippen molar-refractivity contribution in [1.82, 2.24) is 9.61 Å². The van der Waals surface area contributed by atoms with Crippen molar-refractivity contribution in [2.24, 2.45) is 0 Å². The van der Waals surface area contributed by atoms with Gasteiger partial charge in [-0.05, 0) is 22.0 Å². The Kier molecular flexibility index (Phi) is 2.93.